The highest BCUT2D eigenvalue weighted by Gasteiger charge is 2.11. The van der Waals surface area contributed by atoms with E-state index in [2.05, 4.69) is 92.5 Å². The molecule has 124 valence electrons. The van der Waals surface area contributed by atoms with Crippen LogP contribution >= 0.6 is 54.5 Å². The van der Waals surface area contributed by atoms with Crippen LogP contribution in [0.4, 0.5) is 0 Å². The first-order valence-electron chi connectivity index (χ1n) is 8.24. The van der Waals surface area contributed by atoms with Gasteiger partial charge in [0.2, 0.25) is 0 Å². The molecule has 6 aromatic rings. The van der Waals surface area contributed by atoms with Gasteiger partial charge in [-0.15, -0.1) is 22.7 Å². The normalized spacial score (nSPS) is 12.2. The average Bonchev–Trinajstić information content (AvgIpc) is 3.21. The second-order valence-corrected chi connectivity index (χ2v) is 11.4. The molecule has 0 aliphatic heterocycles. The maximum Gasteiger partial charge on any atom is 0.0711 e. The number of halogens is 2. The molecule has 0 bridgehead atoms. The lowest BCUT2D eigenvalue weighted by atomic mass is 9.95. The van der Waals surface area contributed by atoms with Crippen molar-refractivity contribution in [2.45, 2.75) is 0 Å². The largest absolute Gasteiger partial charge is 0.128 e. The zero-order valence-corrected chi connectivity index (χ0v) is 18.2. The molecule has 0 N–H and O–H groups in total. The van der Waals surface area contributed by atoms with E-state index in [4.69, 9.17) is 0 Å². The molecule has 0 radical (unpaired) electrons. The summed E-state index contributed by atoms with van der Waals surface area (Å²) in [5.41, 5.74) is 0. The molecule has 4 heteroatoms. The van der Waals surface area contributed by atoms with Gasteiger partial charge < -0.3 is 0 Å². The Labute approximate surface area is 174 Å². The van der Waals surface area contributed by atoms with Crippen LogP contribution in [0.15, 0.2) is 68.2 Å². The van der Waals surface area contributed by atoms with Crippen molar-refractivity contribution in [3.63, 3.8) is 0 Å². The third kappa shape index (κ3) is 2.10. The van der Waals surface area contributed by atoms with Gasteiger partial charge in [0.25, 0.3) is 0 Å². The van der Waals surface area contributed by atoms with Gasteiger partial charge in [-0.1, -0.05) is 36.4 Å². The number of fused-ring (bicyclic) bond motifs is 9. The molecule has 0 aliphatic rings. The van der Waals surface area contributed by atoms with E-state index in [-0.39, 0.29) is 0 Å². The van der Waals surface area contributed by atoms with E-state index in [1.165, 1.54) is 60.1 Å². The molecule has 26 heavy (non-hydrogen) atoms. The summed E-state index contributed by atoms with van der Waals surface area (Å²) in [5, 5.41) is 10.6. The molecule has 4 aromatic carbocycles. The molecule has 0 amide bonds. The van der Waals surface area contributed by atoms with Crippen molar-refractivity contribution in [2.24, 2.45) is 0 Å². The Kier molecular flexibility index (Phi) is 3.31. The number of benzene rings is 4. The van der Waals surface area contributed by atoms with E-state index in [0.29, 0.717) is 0 Å². The molecule has 0 aliphatic carbocycles. The Morgan fingerprint density at radius 3 is 1.12 bits per heavy atom. The van der Waals surface area contributed by atoms with Crippen LogP contribution in [0.25, 0.3) is 52.5 Å². The van der Waals surface area contributed by atoms with Gasteiger partial charge in [-0.25, -0.2) is 0 Å². The molecule has 0 saturated carbocycles. The summed E-state index contributed by atoms with van der Waals surface area (Å²) in [7, 11) is 0. The predicted octanol–water partition coefficient (Wildman–Crippen LogP) is 9.10. The van der Waals surface area contributed by atoms with Crippen LogP contribution < -0.4 is 0 Å². The van der Waals surface area contributed by atoms with Gasteiger partial charge in [0.1, 0.15) is 0 Å². The summed E-state index contributed by atoms with van der Waals surface area (Å²) < 4.78 is 5.02. The maximum absolute atomic E-state index is 3.63. The second kappa shape index (κ2) is 5.52. The van der Waals surface area contributed by atoms with E-state index in [1.54, 1.807) is 22.7 Å². The van der Waals surface area contributed by atoms with Crippen LogP contribution in [0.1, 0.15) is 0 Å². The Morgan fingerprint density at radius 1 is 0.423 bits per heavy atom. The summed E-state index contributed by atoms with van der Waals surface area (Å²) >= 11 is 10.9. The molecule has 6 rings (SSSR count). The molecule has 0 atom stereocenters. The van der Waals surface area contributed by atoms with Crippen molar-refractivity contribution >= 4 is 107 Å². The van der Waals surface area contributed by atoms with Crippen LogP contribution in [0.2, 0.25) is 0 Å². The van der Waals surface area contributed by atoms with Gasteiger partial charge in [-0.05, 0) is 88.4 Å². The van der Waals surface area contributed by atoms with E-state index in [9.17, 15) is 0 Å². The maximum atomic E-state index is 3.63. The van der Waals surface area contributed by atoms with E-state index in [0.717, 1.165) is 0 Å². The smallest absolute Gasteiger partial charge is 0.0711 e. The van der Waals surface area contributed by atoms with E-state index in [1.807, 2.05) is 0 Å². The van der Waals surface area contributed by atoms with Crippen molar-refractivity contribution in [1.29, 1.82) is 0 Å². The SMILES string of the molecule is Brc1cc2c(ccc3c2ccc2c4ccc5sc(Br)cc5c4ccc32)s1. The van der Waals surface area contributed by atoms with Crippen molar-refractivity contribution in [2.75, 3.05) is 0 Å². The molecular weight excluding hydrogens is 488 g/mol. The van der Waals surface area contributed by atoms with Crippen LogP contribution in [-0.2, 0) is 0 Å². The van der Waals surface area contributed by atoms with Crippen molar-refractivity contribution in [1.82, 2.24) is 0 Å². The fraction of sp³-hybridized carbons (Fsp3) is 0. The summed E-state index contributed by atoms with van der Waals surface area (Å²) in [5.74, 6) is 0. The zero-order chi connectivity index (χ0) is 17.4. The van der Waals surface area contributed by atoms with E-state index >= 15 is 0 Å². The minimum atomic E-state index is 1.18. The minimum Gasteiger partial charge on any atom is -0.128 e. The Balaban J connectivity index is 1.81. The van der Waals surface area contributed by atoms with E-state index < -0.39 is 0 Å². The summed E-state index contributed by atoms with van der Waals surface area (Å²) in [6, 6.07) is 22.7. The Morgan fingerprint density at radius 2 is 0.731 bits per heavy atom. The molecule has 0 spiro atoms. The first-order valence-corrected chi connectivity index (χ1v) is 11.5. The molecule has 0 saturated heterocycles. The molecule has 0 unspecified atom stereocenters. The van der Waals surface area contributed by atoms with Gasteiger partial charge >= 0.3 is 0 Å². The molecule has 2 aromatic heterocycles. The molecular formula is C22H10Br2S2. The van der Waals surface area contributed by atoms with Crippen LogP contribution in [0, 0.1) is 0 Å². The van der Waals surface area contributed by atoms with Crippen molar-refractivity contribution in [3.05, 3.63) is 68.2 Å². The highest BCUT2D eigenvalue weighted by molar-refractivity contribution is 9.11. The quantitative estimate of drug-likeness (QED) is 0.183. The third-order valence-electron chi connectivity index (χ3n) is 5.13. The number of rotatable bonds is 0. The molecule has 0 nitrogen and oxygen atoms in total. The topological polar surface area (TPSA) is 0 Å². The van der Waals surface area contributed by atoms with Crippen molar-refractivity contribution < 1.29 is 0 Å². The van der Waals surface area contributed by atoms with Gasteiger partial charge in [0.05, 0.1) is 7.57 Å². The minimum absolute atomic E-state index is 1.18. The predicted molar refractivity (Wildman–Crippen MR) is 125 cm³/mol. The summed E-state index contributed by atoms with van der Waals surface area (Å²) in [6.07, 6.45) is 0. The van der Waals surface area contributed by atoms with Crippen LogP contribution in [0.5, 0.6) is 0 Å². The Bertz CT molecular complexity index is 1390. The standard InChI is InChI=1S/C22H10Br2S2/c23-21-9-17-15-3-1-11-12(14(15)6-8-19(17)25-21)2-4-16-13(11)5-7-20-18(16)10-22(24)26-20/h1-10H. The Hall–Kier alpha value is -1.46. The first kappa shape index (κ1) is 15.6. The van der Waals surface area contributed by atoms with Crippen LogP contribution in [-0.4, -0.2) is 0 Å². The number of thiophene rings is 2. The second-order valence-electron chi connectivity index (χ2n) is 6.47. The zero-order valence-electron chi connectivity index (χ0n) is 13.3. The van der Waals surface area contributed by atoms with Gasteiger partial charge in [-0.3, -0.25) is 0 Å². The average molecular weight is 498 g/mol. The third-order valence-corrected chi connectivity index (χ3v) is 8.34. The van der Waals surface area contributed by atoms with Crippen LogP contribution in [0.3, 0.4) is 0 Å². The highest BCUT2D eigenvalue weighted by Crippen LogP contribution is 2.41. The van der Waals surface area contributed by atoms with Gasteiger partial charge in [-0.2, -0.15) is 0 Å². The molecule has 0 fully saturated rings. The summed E-state index contributed by atoms with van der Waals surface area (Å²) in [4.78, 5) is 0. The lowest BCUT2D eigenvalue weighted by Gasteiger charge is -2.09. The fourth-order valence-corrected chi connectivity index (χ4v) is 7.12. The highest BCUT2D eigenvalue weighted by atomic mass is 79.9. The fourth-order valence-electron chi connectivity index (χ4n) is 4.02. The number of hydrogen-bond acceptors (Lipinski definition) is 2. The summed E-state index contributed by atoms with van der Waals surface area (Å²) in [6.45, 7) is 0. The van der Waals surface area contributed by atoms with Gasteiger partial charge in [0.15, 0.2) is 0 Å². The lowest BCUT2D eigenvalue weighted by molar-refractivity contribution is 1.86. The van der Waals surface area contributed by atoms with Crippen molar-refractivity contribution in [3.8, 4) is 0 Å². The first-order chi connectivity index (χ1) is 12.7. The monoisotopic (exact) mass is 496 g/mol. The lowest BCUT2D eigenvalue weighted by Crippen LogP contribution is -1.81. The van der Waals surface area contributed by atoms with Gasteiger partial charge in [0, 0.05) is 20.2 Å². The molecule has 2 heterocycles. The number of hydrogen-bond donors (Lipinski definition) is 0.